The maximum atomic E-state index is 11.3. The molecule has 0 bridgehead atoms. The van der Waals surface area contributed by atoms with Gasteiger partial charge in [0.15, 0.2) is 6.61 Å². The van der Waals surface area contributed by atoms with Crippen molar-refractivity contribution in [3.63, 3.8) is 0 Å². The second-order valence-electron chi connectivity index (χ2n) is 2.59. The van der Waals surface area contributed by atoms with E-state index in [1.807, 2.05) is 0 Å². The van der Waals surface area contributed by atoms with Gasteiger partial charge in [0.25, 0.3) is 5.91 Å². The molecule has 0 saturated heterocycles. The summed E-state index contributed by atoms with van der Waals surface area (Å²) in [6.07, 6.45) is 1.36. The molecule has 0 spiro atoms. The lowest BCUT2D eigenvalue weighted by Gasteiger charge is -2.02. The first-order valence-corrected chi connectivity index (χ1v) is 3.81. The Bertz CT molecular complexity index is 346. The van der Waals surface area contributed by atoms with Gasteiger partial charge in [-0.3, -0.25) is 19.5 Å². The Balaban J connectivity index is 2.44. The summed E-state index contributed by atoms with van der Waals surface area (Å²) in [5.41, 5.74) is 7.82. The normalized spacial score (nSPS) is 9.79. The number of carbonyl (C=O) groups is 2. The lowest BCUT2D eigenvalue weighted by atomic mass is 10.2. The number of hydrogen-bond acceptors (Lipinski definition) is 4. The van der Waals surface area contributed by atoms with Gasteiger partial charge in [-0.2, -0.15) is 5.10 Å². The van der Waals surface area contributed by atoms with E-state index in [0.717, 1.165) is 0 Å². The predicted molar refractivity (Wildman–Crippen MR) is 45.9 cm³/mol. The van der Waals surface area contributed by atoms with Gasteiger partial charge in [-0.25, -0.2) is 5.48 Å². The maximum Gasteiger partial charge on any atom is 0.278 e. The summed E-state index contributed by atoms with van der Waals surface area (Å²) in [5, 5.41) is 6.24. The van der Waals surface area contributed by atoms with Crippen molar-refractivity contribution in [1.82, 2.24) is 15.7 Å². The highest BCUT2D eigenvalue weighted by Gasteiger charge is 2.10. The van der Waals surface area contributed by atoms with Crippen molar-refractivity contribution in [1.29, 1.82) is 0 Å². The highest BCUT2D eigenvalue weighted by molar-refractivity contribution is 5.94. The molecule has 0 radical (unpaired) electrons. The van der Waals surface area contributed by atoms with E-state index in [-0.39, 0.29) is 6.61 Å². The molecular formula is C7H10N4O3. The number of aromatic amines is 1. The van der Waals surface area contributed by atoms with Crippen LogP contribution in [-0.4, -0.2) is 28.6 Å². The Kier molecular flexibility index (Phi) is 3.19. The lowest BCUT2D eigenvalue weighted by Crippen LogP contribution is -2.29. The van der Waals surface area contributed by atoms with Crippen LogP contribution in [0.5, 0.6) is 0 Å². The van der Waals surface area contributed by atoms with Crippen LogP contribution in [0.4, 0.5) is 0 Å². The SMILES string of the molecule is Cc1[nH]ncc1C(=O)NOCC(N)=O. The van der Waals surface area contributed by atoms with Gasteiger partial charge in [-0.05, 0) is 6.92 Å². The molecule has 0 aliphatic rings. The molecule has 1 rings (SSSR count). The van der Waals surface area contributed by atoms with E-state index in [1.54, 1.807) is 6.92 Å². The fraction of sp³-hybridized carbons (Fsp3) is 0.286. The molecule has 76 valence electrons. The largest absolute Gasteiger partial charge is 0.368 e. The zero-order chi connectivity index (χ0) is 10.6. The monoisotopic (exact) mass is 198 g/mol. The molecule has 2 amide bonds. The fourth-order valence-electron chi connectivity index (χ4n) is 0.807. The van der Waals surface area contributed by atoms with Gasteiger partial charge in [-0.15, -0.1) is 0 Å². The van der Waals surface area contributed by atoms with Gasteiger partial charge < -0.3 is 5.73 Å². The standard InChI is InChI=1S/C7H10N4O3/c1-4-5(2-9-10-4)7(13)11-14-3-6(8)12/h2H,3H2,1H3,(H2,8,12)(H,9,10)(H,11,13). The van der Waals surface area contributed by atoms with E-state index >= 15 is 0 Å². The number of hydroxylamine groups is 1. The lowest BCUT2D eigenvalue weighted by molar-refractivity contribution is -0.124. The van der Waals surface area contributed by atoms with Crippen LogP contribution in [0.25, 0.3) is 0 Å². The molecule has 7 nitrogen and oxygen atoms in total. The van der Waals surface area contributed by atoms with Crippen molar-refractivity contribution in [2.24, 2.45) is 5.73 Å². The second kappa shape index (κ2) is 4.38. The second-order valence-corrected chi connectivity index (χ2v) is 2.59. The number of carbonyl (C=O) groups excluding carboxylic acids is 2. The summed E-state index contributed by atoms with van der Waals surface area (Å²) in [6, 6.07) is 0. The van der Waals surface area contributed by atoms with Crippen molar-refractivity contribution < 1.29 is 14.4 Å². The van der Waals surface area contributed by atoms with Gasteiger partial charge in [0.05, 0.1) is 11.8 Å². The first-order chi connectivity index (χ1) is 6.61. The Morgan fingerprint density at radius 3 is 2.93 bits per heavy atom. The maximum absolute atomic E-state index is 11.3. The molecule has 0 atom stereocenters. The van der Waals surface area contributed by atoms with Crippen LogP contribution in [-0.2, 0) is 9.63 Å². The van der Waals surface area contributed by atoms with Crippen LogP contribution in [0.2, 0.25) is 0 Å². The molecule has 0 aliphatic carbocycles. The number of H-pyrrole nitrogens is 1. The fourth-order valence-corrected chi connectivity index (χ4v) is 0.807. The molecule has 0 aromatic carbocycles. The molecule has 1 aromatic heterocycles. The van der Waals surface area contributed by atoms with E-state index in [9.17, 15) is 9.59 Å². The van der Waals surface area contributed by atoms with Crippen molar-refractivity contribution in [3.8, 4) is 0 Å². The number of primary amides is 1. The Morgan fingerprint density at radius 2 is 2.43 bits per heavy atom. The van der Waals surface area contributed by atoms with Gasteiger partial charge >= 0.3 is 0 Å². The number of aromatic nitrogens is 2. The van der Waals surface area contributed by atoms with Crippen molar-refractivity contribution >= 4 is 11.8 Å². The number of hydrogen-bond donors (Lipinski definition) is 3. The average Bonchev–Trinajstić information content (AvgIpc) is 2.50. The number of rotatable bonds is 4. The third-order valence-electron chi connectivity index (χ3n) is 1.45. The molecule has 0 fully saturated rings. The molecule has 4 N–H and O–H groups in total. The van der Waals surface area contributed by atoms with E-state index in [1.165, 1.54) is 6.20 Å². The van der Waals surface area contributed by atoms with Gasteiger partial charge in [-0.1, -0.05) is 0 Å². The summed E-state index contributed by atoms with van der Waals surface area (Å²) < 4.78 is 0. The first-order valence-electron chi connectivity index (χ1n) is 3.81. The van der Waals surface area contributed by atoms with Gasteiger partial charge in [0.1, 0.15) is 0 Å². The highest BCUT2D eigenvalue weighted by atomic mass is 16.7. The van der Waals surface area contributed by atoms with Crippen LogP contribution in [0.1, 0.15) is 16.1 Å². The number of nitrogens with two attached hydrogens (primary N) is 1. The average molecular weight is 198 g/mol. The first kappa shape index (κ1) is 10.2. The predicted octanol–water partition coefficient (Wildman–Crippen LogP) is -1.14. The van der Waals surface area contributed by atoms with Crippen LogP contribution in [0.15, 0.2) is 6.20 Å². The van der Waals surface area contributed by atoms with Crippen molar-refractivity contribution in [2.45, 2.75) is 6.92 Å². The van der Waals surface area contributed by atoms with E-state index in [4.69, 9.17) is 5.73 Å². The number of nitrogens with one attached hydrogen (secondary N) is 2. The smallest absolute Gasteiger partial charge is 0.278 e. The zero-order valence-corrected chi connectivity index (χ0v) is 7.53. The quantitative estimate of drug-likeness (QED) is 0.531. The Hall–Kier alpha value is -1.89. The van der Waals surface area contributed by atoms with Crippen LogP contribution in [0.3, 0.4) is 0 Å². The number of aryl methyl sites for hydroxylation is 1. The molecular weight excluding hydrogens is 188 g/mol. The van der Waals surface area contributed by atoms with Crippen LogP contribution < -0.4 is 11.2 Å². The minimum Gasteiger partial charge on any atom is -0.368 e. The van der Waals surface area contributed by atoms with Gasteiger partial charge in [0, 0.05) is 5.69 Å². The summed E-state index contributed by atoms with van der Waals surface area (Å²) >= 11 is 0. The Labute approximate surface area is 79.6 Å². The number of amides is 2. The molecule has 0 aliphatic heterocycles. The molecule has 0 unspecified atom stereocenters. The van der Waals surface area contributed by atoms with Crippen LogP contribution >= 0.6 is 0 Å². The Morgan fingerprint density at radius 1 is 1.71 bits per heavy atom. The minimum absolute atomic E-state index is 0.356. The van der Waals surface area contributed by atoms with Crippen LogP contribution in [0, 0.1) is 6.92 Å². The van der Waals surface area contributed by atoms with Gasteiger partial charge in [0.2, 0.25) is 5.91 Å². The summed E-state index contributed by atoms with van der Waals surface area (Å²) in [4.78, 5) is 26.0. The summed E-state index contributed by atoms with van der Waals surface area (Å²) in [6.45, 7) is 1.33. The minimum atomic E-state index is -0.658. The van der Waals surface area contributed by atoms with Crippen molar-refractivity contribution in [2.75, 3.05) is 6.61 Å². The molecule has 14 heavy (non-hydrogen) atoms. The van der Waals surface area contributed by atoms with E-state index in [0.29, 0.717) is 11.3 Å². The van der Waals surface area contributed by atoms with Crippen molar-refractivity contribution in [3.05, 3.63) is 17.5 Å². The third-order valence-corrected chi connectivity index (χ3v) is 1.45. The topological polar surface area (TPSA) is 110 Å². The molecule has 7 heteroatoms. The molecule has 1 heterocycles. The zero-order valence-electron chi connectivity index (χ0n) is 7.53. The molecule has 1 aromatic rings. The van der Waals surface area contributed by atoms with E-state index < -0.39 is 11.8 Å². The third kappa shape index (κ3) is 2.56. The molecule has 0 saturated carbocycles. The summed E-state index contributed by atoms with van der Waals surface area (Å²) in [5.74, 6) is -1.13. The number of nitrogens with zero attached hydrogens (tertiary/aromatic N) is 1. The highest BCUT2D eigenvalue weighted by Crippen LogP contribution is 2.01. The van der Waals surface area contributed by atoms with E-state index in [2.05, 4.69) is 20.5 Å². The summed E-state index contributed by atoms with van der Waals surface area (Å²) in [7, 11) is 0.